The number of hydrogen-bond acceptors (Lipinski definition) is 2. The molecule has 2 nitrogen and oxygen atoms in total. The van der Waals surface area contributed by atoms with Crippen LogP contribution in [0.2, 0.25) is 5.02 Å². The molecule has 0 aliphatic rings. The van der Waals surface area contributed by atoms with E-state index in [1.54, 1.807) is 18.2 Å². The summed E-state index contributed by atoms with van der Waals surface area (Å²) in [5, 5.41) is 20.5. The third-order valence-electron chi connectivity index (χ3n) is 4.32. The van der Waals surface area contributed by atoms with Crippen LogP contribution >= 0.6 is 11.6 Å². The molecular formula is C23H20ClNO. The quantitative estimate of drug-likeness (QED) is 0.580. The average Bonchev–Trinajstić information content (AvgIpc) is 2.62. The Balaban J connectivity index is 2.06. The minimum atomic E-state index is -0.0128. The summed E-state index contributed by atoms with van der Waals surface area (Å²) < 4.78 is 0. The predicted molar refractivity (Wildman–Crippen MR) is 107 cm³/mol. The highest BCUT2D eigenvalue weighted by Gasteiger charge is 2.13. The molecule has 3 heteroatoms. The highest BCUT2D eigenvalue weighted by molar-refractivity contribution is 6.30. The van der Waals surface area contributed by atoms with E-state index in [2.05, 4.69) is 44.2 Å². The highest BCUT2D eigenvalue weighted by atomic mass is 35.5. The molecule has 3 rings (SSSR count). The Morgan fingerprint density at radius 1 is 0.923 bits per heavy atom. The summed E-state index contributed by atoms with van der Waals surface area (Å²) >= 11 is 5.97. The summed E-state index contributed by atoms with van der Waals surface area (Å²) in [6, 6.07) is 21.3. The van der Waals surface area contributed by atoms with E-state index in [0.717, 1.165) is 23.1 Å². The van der Waals surface area contributed by atoms with Gasteiger partial charge in [0.25, 0.3) is 0 Å². The van der Waals surface area contributed by atoms with Crippen molar-refractivity contribution in [2.45, 2.75) is 20.3 Å². The van der Waals surface area contributed by atoms with Crippen molar-refractivity contribution >= 4 is 11.6 Å². The molecule has 0 radical (unpaired) electrons. The first-order chi connectivity index (χ1) is 12.5. The molecule has 0 heterocycles. The third-order valence-corrected chi connectivity index (χ3v) is 4.57. The molecule has 0 aliphatic carbocycles. The SMILES string of the molecule is CC(C)Cc1ccc(-c2cc(O)c(C#N)c(-c3ccc(Cl)cc3)c2)cc1. The summed E-state index contributed by atoms with van der Waals surface area (Å²) in [6.07, 6.45) is 1.04. The van der Waals surface area contributed by atoms with Crippen molar-refractivity contribution < 1.29 is 5.11 Å². The molecule has 0 spiro atoms. The van der Waals surface area contributed by atoms with Crippen molar-refractivity contribution in [1.82, 2.24) is 0 Å². The lowest BCUT2D eigenvalue weighted by atomic mass is 9.93. The first-order valence-electron chi connectivity index (χ1n) is 8.60. The van der Waals surface area contributed by atoms with Gasteiger partial charge in [0, 0.05) is 10.6 Å². The second-order valence-electron chi connectivity index (χ2n) is 6.83. The lowest BCUT2D eigenvalue weighted by Crippen LogP contribution is -1.93. The number of phenolic OH excluding ortho intramolecular Hbond substituents is 1. The number of benzene rings is 3. The van der Waals surface area contributed by atoms with E-state index >= 15 is 0 Å². The van der Waals surface area contributed by atoms with Gasteiger partial charge in [0.1, 0.15) is 17.4 Å². The lowest BCUT2D eigenvalue weighted by molar-refractivity contribution is 0.474. The van der Waals surface area contributed by atoms with Crippen LogP contribution in [0.25, 0.3) is 22.3 Å². The van der Waals surface area contributed by atoms with Gasteiger partial charge < -0.3 is 5.11 Å². The maximum absolute atomic E-state index is 10.4. The molecule has 1 N–H and O–H groups in total. The van der Waals surface area contributed by atoms with Crippen molar-refractivity contribution in [3.8, 4) is 34.1 Å². The van der Waals surface area contributed by atoms with Crippen LogP contribution in [0.5, 0.6) is 5.75 Å². The van der Waals surface area contributed by atoms with E-state index in [9.17, 15) is 10.4 Å². The predicted octanol–water partition coefficient (Wildman–Crippen LogP) is 6.45. The van der Waals surface area contributed by atoms with Gasteiger partial charge in [-0.1, -0.05) is 61.8 Å². The van der Waals surface area contributed by atoms with E-state index in [-0.39, 0.29) is 11.3 Å². The van der Waals surface area contributed by atoms with Crippen LogP contribution in [0.3, 0.4) is 0 Å². The van der Waals surface area contributed by atoms with Crippen LogP contribution in [0.15, 0.2) is 60.7 Å². The Bertz CT molecular complexity index is 951. The van der Waals surface area contributed by atoms with Gasteiger partial charge in [-0.2, -0.15) is 5.26 Å². The monoisotopic (exact) mass is 361 g/mol. The maximum Gasteiger partial charge on any atom is 0.134 e. The molecule has 0 aliphatic heterocycles. The zero-order valence-corrected chi connectivity index (χ0v) is 15.6. The van der Waals surface area contributed by atoms with Crippen molar-refractivity contribution in [3.05, 3.63) is 76.8 Å². The smallest absolute Gasteiger partial charge is 0.134 e. The second kappa shape index (κ2) is 7.64. The molecule has 3 aromatic carbocycles. The molecule has 0 saturated carbocycles. The first-order valence-corrected chi connectivity index (χ1v) is 8.98. The molecule has 0 fully saturated rings. The summed E-state index contributed by atoms with van der Waals surface area (Å²) in [4.78, 5) is 0. The minimum absolute atomic E-state index is 0.0128. The summed E-state index contributed by atoms with van der Waals surface area (Å²) in [5.74, 6) is 0.595. The Morgan fingerprint density at radius 3 is 2.12 bits per heavy atom. The van der Waals surface area contributed by atoms with Crippen molar-refractivity contribution in [3.63, 3.8) is 0 Å². The van der Waals surface area contributed by atoms with Gasteiger partial charge in [0.05, 0.1) is 0 Å². The molecule has 0 saturated heterocycles. The Morgan fingerprint density at radius 2 is 1.54 bits per heavy atom. The molecule has 0 amide bonds. The van der Waals surface area contributed by atoms with Crippen molar-refractivity contribution in [2.24, 2.45) is 5.92 Å². The second-order valence-corrected chi connectivity index (χ2v) is 7.27. The summed E-state index contributed by atoms with van der Waals surface area (Å²) in [5.41, 5.74) is 4.99. The number of phenols is 1. The molecular weight excluding hydrogens is 342 g/mol. The average molecular weight is 362 g/mol. The summed E-state index contributed by atoms with van der Waals surface area (Å²) in [6.45, 7) is 4.40. The van der Waals surface area contributed by atoms with Crippen LogP contribution in [-0.4, -0.2) is 5.11 Å². The molecule has 130 valence electrons. The number of halogens is 1. The fourth-order valence-electron chi connectivity index (χ4n) is 3.07. The van der Waals surface area contributed by atoms with E-state index in [1.165, 1.54) is 5.56 Å². The van der Waals surface area contributed by atoms with Crippen LogP contribution in [0.4, 0.5) is 0 Å². The van der Waals surface area contributed by atoms with Gasteiger partial charge in [-0.25, -0.2) is 0 Å². The van der Waals surface area contributed by atoms with E-state index in [0.29, 0.717) is 16.5 Å². The third kappa shape index (κ3) is 3.90. The molecule has 26 heavy (non-hydrogen) atoms. The van der Waals surface area contributed by atoms with Gasteiger partial charge in [0.2, 0.25) is 0 Å². The fourth-order valence-corrected chi connectivity index (χ4v) is 3.20. The Labute approximate surface area is 159 Å². The van der Waals surface area contributed by atoms with E-state index in [4.69, 9.17) is 11.6 Å². The van der Waals surface area contributed by atoms with Crippen LogP contribution in [0.1, 0.15) is 25.0 Å². The summed E-state index contributed by atoms with van der Waals surface area (Å²) in [7, 11) is 0. The first kappa shape index (κ1) is 18.0. The number of aromatic hydroxyl groups is 1. The molecule has 0 aromatic heterocycles. The van der Waals surface area contributed by atoms with Crippen molar-refractivity contribution in [1.29, 1.82) is 5.26 Å². The normalized spacial score (nSPS) is 10.7. The molecule has 0 unspecified atom stereocenters. The van der Waals surface area contributed by atoms with E-state index < -0.39 is 0 Å². The van der Waals surface area contributed by atoms with Crippen LogP contribution in [0, 0.1) is 17.2 Å². The van der Waals surface area contributed by atoms with Crippen LogP contribution in [-0.2, 0) is 6.42 Å². The minimum Gasteiger partial charge on any atom is -0.507 e. The van der Waals surface area contributed by atoms with Gasteiger partial charge in [0.15, 0.2) is 0 Å². The van der Waals surface area contributed by atoms with Gasteiger partial charge >= 0.3 is 0 Å². The highest BCUT2D eigenvalue weighted by Crippen LogP contribution is 2.35. The topological polar surface area (TPSA) is 44.0 Å². The van der Waals surface area contributed by atoms with Gasteiger partial charge in [-0.05, 0) is 58.9 Å². The van der Waals surface area contributed by atoms with Crippen molar-refractivity contribution in [2.75, 3.05) is 0 Å². The number of hydrogen-bond donors (Lipinski definition) is 1. The standard InChI is InChI=1S/C23H20ClNO/c1-15(2)11-16-3-5-17(6-4-16)19-12-21(22(14-25)23(26)13-19)18-7-9-20(24)10-8-18/h3-10,12-13,15,26H,11H2,1-2H3. The lowest BCUT2D eigenvalue weighted by Gasteiger charge is -2.11. The number of rotatable bonds is 4. The fraction of sp³-hybridized carbons (Fsp3) is 0.174. The Kier molecular flexibility index (Phi) is 5.30. The molecule has 0 bridgehead atoms. The van der Waals surface area contributed by atoms with Crippen LogP contribution < -0.4 is 0 Å². The Hall–Kier alpha value is -2.76. The number of nitrogens with zero attached hydrogens (tertiary/aromatic N) is 1. The molecule has 0 atom stereocenters. The maximum atomic E-state index is 10.4. The van der Waals surface area contributed by atoms with Gasteiger partial charge in [-0.3, -0.25) is 0 Å². The number of nitriles is 1. The zero-order chi connectivity index (χ0) is 18.7. The largest absolute Gasteiger partial charge is 0.507 e. The zero-order valence-electron chi connectivity index (χ0n) is 14.8. The molecule has 3 aromatic rings. The van der Waals surface area contributed by atoms with Gasteiger partial charge in [-0.15, -0.1) is 0 Å². The van der Waals surface area contributed by atoms with E-state index in [1.807, 2.05) is 18.2 Å².